The highest BCUT2D eigenvalue weighted by atomic mass is 32.2. The first-order chi connectivity index (χ1) is 10.6. The molecule has 4 N–H and O–H groups in total. The van der Waals surface area contributed by atoms with E-state index in [1.54, 1.807) is 0 Å². The fraction of sp³-hybridized carbons (Fsp3) is 0. The van der Waals surface area contributed by atoms with Gasteiger partial charge in [-0.05, 0) is 23.2 Å². The Morgan fingerprint density at radius 2 is 2.23 bits per heavy atom. The number of anilines is 1. The van der Waals surface area contributed by atoms with E-state index in [4.69, 9.17) is 11.6 Å². The third-order valence-electron chi connectivity index (χ3n) is 2.56. The average molecular weight is 336 g/mol. The summed E-state index contributed by atoms with van der Waals surface area (Å²) in [5.74, 6) is 6.23. The topological polar surface area (TPSA) is 152 Å². The summed E-state index contributed by atoms with van der Waals surface area (Å²) in [5.41, 5.74) is 5.17. The lowest BCUT2D eigenvalue weighted by molar-refractivity contribution is -0.384. The fourth-order valence-electron chi connectivity index (χ4n) is 1.56. The van der Waals surface area contributed by atoms with Crippen LogP contribution in [0.1, 0.15) is 0 Å². The maximum absolute atomic E-state index is 10.7. The van der Waals surface area contributed by atoms with Gasteiger partial charge in [-0.3, -0.25) is 10.1 Å². The monoisotopic (exact) mass is 336 g/mol. The summed E-state index contributed by atoms with van der Waals surface area (Å²) in [5, 5.41) is 21.1. The Labute approximate surface area is 131 Å². The molecule has 112 valence electrons. The number of aromatic nitrogens is 5. The Balaban J connectivity index is 1.88. The first kappa shape index (κ1) is 14.2. The molecule has 0 bridgehead atoms. The van der Waals surface area contributed by atoms with Crippen molar-refractivity contribution in [3.63, 3.8) is 0 Å². The smallest absolute Gasteiger partial charge is 0.329 e. The first-order valence-corrected chi connectivity index (χ1v) is 7.45. The van der Waals surface area contributed by atoms with E-state index in [1.165, 1.54) is 16.0 Å². The number of nitrogens with zero attached hydrogens (tertiary/aromatic N) is 6. The number of nitrogen functional groups attached to an aromatic ring is 2. The summed E-state index contributed by atoms with van der Waals surface area (Å²) in [6, 6.07) is 3.74. The van der Waals surface area contributed by atoms with Gasteiger partial charge in [0.25, 0.3) is 0 Å². The third kappa shape index (κ3) is 2.56. The standard InChI is InChI=1S/C10H8N8O2S2/c11-7-5(18(19)20)4-13-9(14-7)22-10-16-15-8(17(10)12)6-2-1-3-21-6/h1-4H,12H2,(H2,11,13,14). The molecule has 0 unspecified atom stereocenters. The zero-order chi connectivity index (χ0) is 15.7. The molecule has 0 aliphatic heterocycles. The molecule has 12 heteroatoms. The minimum Gasteiger partial charge on any atom is -0.378 e. The molecule has 0 aliphatic carbocycles. The molecule has 0 atom stereocenters. The maximum Gasteiger partial charge on any atom is 0.329 e. The van der Waals surface area contributed by atoms with Gasteiger partial charge < -0.3 is 11.6 Å². The van der Waals surface area contributed by atoms with Crippen LogP contribution in [0.2, 0.25) is 0 Å². The minimum absolute atomic E-state index is 0.194. The summed E-state index contributed by atoms with van der Waals surface area (Å²) in [6.45, 7) is 0. The van der Waals surface area contributed by atoms with E-state index in [9.17, 15) is 10.1 Å². The normalized spacial score (nSPS) is 10.7. The molecule has 0 aliphatic rings. The van der Waals surface area contributed by atoms with Crippen LogP contribution in [0.15, 0.2) is 34.0 Å². The van der Waals surface area contributed by atoms with Crippen molar-refractivity contribution < 1.29 is 4.92 Å². The highest BCUT2D eigenvalue weighted by molar-refractivity contribution is 7.99. The van der Waals surface area contributed by atoms with Gasteiger partial charge in [0, 0.05) is 0 Å². The van der Waals surface area contributed by atoms with E-state index in [-0.39, 0.29) is 16.7 Å². The van der Waals surface area contributed by atoms with E-state index in [2.05, 4.69) is 20.2 Å². The van der Waals surface area contributed by atoms with Crippen LogP contribution in [0.4, 0.5) is 11.5 Å². The van der Waals surface area contributed by atoms with E-state index in [0.717, 1.165) is 22.8 Å². The molecule has 0 amide bonds. The SMILES string of the molecule is Nc1nc(Sc2nnc(-c3cccs3)n2N)ncc1[N+](=O)[O-]. The van der Waals surface area contributed by atoms with Crippen molar-refractivity contribution in [2.75, 3.05) is 11.6 Å². The van der Waals surface area contributed by atoms with Crippen molar-refractivity contribution in [2.45, 2.75) is 10.3 Å². The van der Waals surface area contributed by atoms with Gasteiger partial charge in [0.2, 0.25) is 11.0 Å². The van der Waals surface area contributed by atoms with Crippen LogP contribution in [-0.2, 0) is 0 Å². The van der Waals surface area contributed by atoms with Gasteiger partial charge >= 0.3 is 5.69 Å². The summed E-state index contributed by atoms with van der Waals surface area (Å²) in [7, 11) is 0. The number of rotatable bonds is 4. The highest BCUT2D eigenvalue weighted by Crippen LogP contribution is 2.29. The van der Waals surface area contributed by atoms with E-state index >= 15 is 0 Å². The number of thiophene rings is 1. The zero-order valence-corrected chi connectivity index (χ0v) is 12.4. The molecule has 3 aromatic rings. The molecule has 22 heavy (non-hydrogen) atoms. The van der Waals surface area contributed by atoms with Gasteiger partial charge in [-0.2, -0.15) is 4.98 Å². The average Bonchev–Trinajstić information content (AvgIpc) is 3.09. The molecule has 10 nitrogen and oxygen atoms in total. The number of hydrogen-bond acceptors (Lipinski definition) is 10. The summed E-state index contributed by atoms with van der Waals surface area (Å²) >= 11 is 2.49. The molecular weight excluding hydrogens is 328 g/mol. The molecule has 3 heterocycles. The molecule has 0 saturated carbocycles. The summed E-state index contributed by atoms with van der Waals surface area (Å²) < 4.78 is 1.30. The van der Waals surface area contributed by atoms with Crippen LogP contribution in [0.25, 0.3) is 10.7 Å². The van der Waals surface area contributed by atoms with Gasteiger partial charge in [0.05, 0.1) is 9.80 Å². The second-order valence-corrected chi connectivity index (χ2v) is 5.82. The Hall–Kier alpha value is -2.73. The van der Waals surface area contributed by atoms with Gasteiger partial charge in [0.15, 0.2) is 11.0 Å². The number of nitro groups is 1. The fourth-order valence-corrected chi connectivity index (χ4v) is 2.95. The predicted molar refractivity (Wildman–Crippen MR) is 80.7 cm³/mol. The Morgan fingerprint density at radius 1 is 1.41 bits per heavy atom. The lowest BCUT2D eigenvalue weighted by Crippen LogP contribution is -2.11. The van der Waals surface area contributed by atoms with Gasteiger partial charge in [-0.15, -0.1) is 21.5 Å². The number of nitrogens with two attached hydrogens (primary N) is 2. The van der Waals surface area contributed by atoms with Crippen LogP contribution in [0.5, 0.6) is 0 Å². The van der Waals surface area contributed by atoms with Crippen molar-refractivity contribution in [2.24, 2.45) is 0 Å². The Morgan fingerprint density at radius 3 is 2.86 bits per heavy atom. The molecule has 0 fully saturated rings. The van der Waals surface area contributed by atoms with E-state index in [0.29, 0.717) is 11.0 Å². The molecular formula is C10H8N8O2S2. The van der Waals surface area contributed by atoms with Crippen molar-refractivity contribution in [3.05, 3.63) is 33.8 Å². The van der Waals surface area contributed by atoms with Crippen LogP contribution < -0.4 is 11.6 Å². The van der Waals surface area contributed by atoms with E-state index in [1.807, 2.05) is 17.5 Å². The zero-order valence-electron chi connectivity index (χ0n) is 10.8. The quantitative estimate of drug-likeness (QED) is 0.309. The number of hydrogen-bond donors (Lipinski definition) is 2. The Bertz CT molecular complexity index is 832. The predicted octanol–water partition coefficient (Wildman–Crippen LogP) is 1.15. The van der Waals surface area contributed by atoms with Crippen molar-refractivity contribution in [1.29, 1.82) is 0 Å². The molecule has 3 rings (SSSR count). The molecule has 0 radical (unpaired) electrons. The first-order valence-electron chi connectivity index (χ1n) is 5.75. The van der Waals surface area contributed by atoms with Gasteiger partial charge in [-0.25, -0.2) is 9.66 Å². The molecule has 0 aromatic carbocycles. The maximum atomic E-state index is 10.7. The largest absolute Gasteiger partial charge is 0.378 e. The molecule has 3 aromatic heterocycles. The van der Waals surface area contributed by atoms with Crippen molar-refractivity contribution >= 4 is 34.6 Å². The van der Waals surface area contributed by atoms with Gasteiger partial charge in [-0.1, -0.05) is 6.07 Å². The van der Waals surface area contributed by atoms with Crippen LogP contribution in [0, 0.1) is 10.1 Å². The Kier molecular flexibility index (Phi) is 3.60. The van der Waals surface area contributed by atoms with Gasteiger partial charge in [0.1, 0.15) is 6.20 Å². The lowest BCUT2D eigenvalue weighted by Gasteiger charge is -2.02. The van der Waals surface area contributed by atoms with Crippen molar-refractivity contribution in [1.82, 2.24) is 24.8 Å². The van der Waals surface area contributed by atoms with Crippen LogP contribution >= 0.6 is 23.1 Å². The second kappa shape index (κ2) is 5.57. The highest BCUT2D eigenvalue weighted by Gasteiger charge is 2.18. The molecule has 0 spiro atoms. The lowest BCUT2D eigenvalue weighted by atomic mass is 10.4. The van der Waals surface area contributed by atoms with Crippen molar-refractivity contribution in [3.8, 4) is 10.7 Å². The molecule has 0 saturated heterocycles. The van der Waals surface area contributed by atoms with Crippen LogP contribution in [0.3, 0.4) is 0 Å². The minimum atomic E-state index is -0.649. The second-order valence-electron chi connectivity index (χ2n) is 3.94. The summed E-state index contributed by atoms with van der Waals surface area (Å²) in [4.78, 5) is 18.6. The summed E-state index contributed by atoms with van der Waals surface area (Å²) in [6.07, 6.45) is 1.04. The third-order valence-corrected chi connectivity index (χ3v) is 4.27. The van der Waals surface area contributed by atoms with E-state index < -0.39 is 4.92 Å². The van der Waals surface area contributed by atoms with Crippen LogP contribution in [-0.4, -0.2) is 29.8 Å².